The van der Waals surface area contributed by atoms with E-state index < -0.39 is 0 Å². The third kappa shape index (κ3) is 4.09. The van der Waals surface area contributed by atoms with Crippen LogP contribution in [0.4, 0.5) is 0 Å². The number of likely N-dealkylation sites (N-methyl/N-ethyl adjacent to an activating group) is 1. The summed E-state index contributed by atoms with van der Waals surface area (Å²) in [4.78, 5) is 0. The third-order valence-corrected chi connectivity index (χ3v) is 3.94. The van der Waals surface area contributed by atoms with Crippen molar-refractivity contribution in [3.05, 3.63) is 0 Å². The van der Waals surface area contributed by atoms with Crippen LogP contribution in [0.25, 0.3) is 0 Å². The van der Waals surface area contributed by atoms with E-state index in [1.54, 1.807) is 11.8 Å². The Morgan fingerprint density at radius 3 is 2.69 bits per heavy atom. The molecule has 92 valence electrons. The molecular formula is C10H21N5S. The van der Waals surface area contributed by atoms with Crippen LogP contribution in [-0.2, 0) is 6.54 Å². The summed E-state index contributed by atoms with van der Waals surface area (Å²) in [6.07, 6.45) is 2.31. The number of hydrogen-bond acceptors (Lipinski definition) is 5. The van der Waals surface area contributed by atoms with Gasteiger partial charge in [0.15, 0.2) is 0 Å². The van der Waals surface area contributed by atoms with Crippen molar-refractivity contribution in [2.75, 3.05) is 13.1 Å². The Balaban J connectivity index is 2.49. The molecule has 0 aliphatic carbocycles. The second kappa shape index (κ2) is 7.62. The number of aromatic nitrogens is 4. The Kier molecular flexibility index (Phi) is 6.40. The molecule has 0 aliphatic rings. The van der Waals surface area contributed by atoms with Crippen LogP contribution < -0.4 is 5.32 Å². The summed E-state index contributed by atoms with van der Waals surface area (Å²) in [5.74, 6) is 0. The van der Waals surface area contributed by atoms with Crippen LogP contribution in [0.2, 0.25) is 0 Å². The Hall–Kier alpha value is -0.620. The topological polar surface area (TPSA) is 55.6 Å². The Labute approximate surface area is 101 Å². The third-order valence-electron chi connectivity index (χ3n) is 2.43. The van der Waals surface area contributed by atoms with E-state index in [0.717, 1.165) is 37.6 Å². The second-order valence-electron chi connectivity index (χ2n) is 3.59. The molecule has 1 aromatic rings. The molecule has 0 bridgehead atoms. The van der Waals surface area contributed by atoms with Gasteiger partial charge in [-0.25, -0.2) is 4.68 Å². The summed E-state index contributed by atoms with van der Waals surface area (Å²) < 4.78 is 1.88. The maximum Gasteiger partial charge on any atom is 0.209 e. The van der Waals surface area contributed by atoms with Gasteiger partial charge in [-0.2, -0.15) is 0 Å². The Bertz CT molecular complexity index is 284. The van der Waals surface area contributed by atoms with Crippen LogP contribution in [0.3, 0.4) is 0 Å². The van der Waals surface area contributed by atoms with Crippen molar-refractivity contribution in [3.8, 4) is 0 Å². The summed E-state index contributed by atoms with van der Waals surface area (Å²) in [7, 11) is 0. The van der Waals surface area contributed by atoms with Crippen LogP contribution in [0.5, 0.6) is 0 Å². The first-order valence-electron chi connectivity index (χ1n) is 5.95. The number of rotatable bonds is 8. The molecule has 0 fully saturated rings. The number of tetrazole rings is 1. The van der Waals surface area contributed by atoms with Crippen LogP contribution in [0.15, 0.2) is 5.16 Å². The lowest BCUT2D eigenvalue weighted by atomic mass is 10.3. The first kappa shape index (κ1) is 13.4. The van der Waals surface area contributed by atoms with Gasteiger partial charge in [0.1, 0.15) is 0 Å². The summed E-state index contributed by atoms with van der Waals surface area (Å²) in [5.41, 5.74) is 0. The largest absolute Gasteiger partial charge is 0.315 e. The van der Waals surface area contributed by atoms with Gasteiger partial charge in [-0.15, -0.1) is 5.10 Å². The molecule has 0 spiro atoms. The molecular weight excluding hydrogens is 222 g/mol. The molecule has 1 N–H and O–H groups in total. The molecule has 1 heterocycles. The highest BCUT2D eigenvalue weighted by molar-refractivity contribution is 7.99. The molecule has 1 rings (SSSR count). The lowest BCUT2D eigenvalue weighted by molar-refractivity contribution is 0.517. The van der Waals surface area contributed by atoms with Gasteiger partial charge in [-0.05, 0) is 29.8 Å². The fourth-order valence-electron chi connectivity index (χ4n) is 1.39. The number of nitrogens with one attached hydrogen (secondary N) is 1. The van der Waals surface area contributed by atoms with E-state index >= 15 is 0 Å². The smallest absolute Gasteiger partial charge is 0.209 e. The van der Waals surface area contributed by atoms with Gasteiger partial charge in [0.25, 0.3) is 0 Å². The zero-order chi connectivity index (χ0) is 11.8. The van der Waals surface area contributed by atoms with E-state index in [1.807, 2.05) is 4.68 Å². The summed E-state index contributed by atoms with van der Waals surface area (Å²) in [5, 5.41) is 16.6. The minimum atomic E-state index is 0.615. The van der Waals surface area contributed by atoms with Gasteiger partial charge in [-0.1, -0.05) is 32.5 Å². The first-order chi connectivity index (χ1) is 7.81. The molecule has 5 nitrogen and oxygen atoms in total. The van der Waals surface area contributed by atoms with Gasteiger partial charge in [0.05, 0.1) is 6.54 Å². The van der Waals surface area contributed by atoms with Crippen LogP contribution in [0.1, 0.15) is 33.6 Å². The van der Waals surface area contributed by atoms with E-state index in [0.29, 0.717) is 5.25 Å². The number of nitrogens with zero attached hydrogens (tertiary/aromatic N) is 4. The zero-order valence-corrected chi connectivity index (χ0v) is 11.1. The highest BCUT2D eigenvalue weighted by Gasteiger charge is 2.12. The fraction of sp³-hybridized carbons (Fsp3) is 0.900. The van der Waals surface area contributed by atoms with Gasteiger partial charge in [0, 0.05) is 11.8 Å². The molecule has 0 aromatic carbocycles. The van der Waals surface area contributed by atoms with E-state index in [9.17, 15) is 0 Å². The fourth-order valence-corrected chi connectivity index (χ4v) is 2.35. The predicted octanol–water partition coefficient (Wildman–Crippen LogP) is 1.56. The lowest BCUT2D eigenvalue weighted by Gasteiger charge is -2.11. The molecule has 0 radical (unpaired) electrons. The van der Waals surface area contributed by atoms with Gasteiger partial charge >= 0.3 is 0 Å². The van der Waals surface area contributed by atoms with E-state index in [1.165, 1.54) is 0 Å². The van der Waals surface area contributed by atoms with Crippen molar-refractivity contribution in [1.82, 2.24) is 25.5 Å². The molecule has 0 aliphatic heterocycles. The maximum absolute atomic E-state index is 4.07. The average Bonchev–Trinajstić information content (AvgIpc) is 2.74. The molecule has 1 aromatic heterocycles. The van der Waals surface area contributed by atoms with Crippen LogP contribution in [0, 0.1) is 0 Å². The van der Waals surface area contributed by atoms with Crippen molar-refractivity contribution >= 4 is 11.8 Å². The Morgan fingerprint density at radius 1 is 1.31 bits per heavy atom. The Morgan fingerprint density at radius 2 is 2.06 bits per heavy atom. The molecule has 0 atom stereocenters. The number of hydrogen-bond donors (Lipinski definition) is 1. The van der Waals surface area contributed by atoms with Crippen LogP contribution in [-0.4, -0.2) is 38.5 Å². The monoisotopic (exact) mass is 243 g/mol. The maximum atomic E-state index is 4.07. The van der Waals surface area contributed by atoms with E-state index in [-0.39, 0.29) is 0 Å². The zero-order valence-electron chi connectivity index (χ0n) is 10.3. The summed E-state index contributed by atoms with van der Waals surface area (Å²) in [6, 6.07) is 0. The molecule has 0 unspecified atom stereocenters. The first-order valence-corrected chi connectivity index (χ1v) is 6.83. The van der Waals surface area contributed by atoms with Crippen molar-refractivity contribution < 1.29 is 0 Å². The minimum absolute atomic E-state index is 0.615. The van der Waals surface area contributed by atoms with Crippen LogP contribution >= 0.6 is 11.8 Å². The SMILES string of the molecule is CCNCCn1nnnc1SC(CC)CC. The lowest BCUT2D eigenvalue weighted by Crippen LogP contribution is -2.20. The van der Waals surface area contributed by atoms with E-state index in [2.05, 4.69) is 41.6 Å². The molecule has 0 saturated carbocycles. The predicted molar refractivity (Wildman–Crippen MR) is 66.6 cm³/mol. The second-order valence-corrected chi connectivity index (χ2v) is 4.86. The standard InChI is InChI=1S/C10H21N5S/c1-4-9(5-2)16-10-12-13-14-15(10)8-7-11-6-3/h9,11H,4-8H2,1-3H3. The molecule has 0 amide bonds. The number of thioether (sulfide) groups is 1. The van der Waals surface area contributed by atoms with E-state index in [4.69, 9.17) is 0 Å². The molecule has 6 heteroatoms. The van der Waals surface area contributed by atoms with Crippen molar-refractivity contribution in [1.29, 1.82) is 0 Å². The highest BCUT2D eigenvalue weighted by Crippen LogP contribution is 2.24. The van der Waals surface area contributed by atoms with Gasteiger partial charge in [-0.3, -0.25) is 0 Å². The highest BCUT2D eigenvalue weighted by atomic mass is 32.2. The average molecular weight is 243 g/mol. The van der Waals surface area contributed by atoms with Gasteiger partial charge in [0.2, 0.25) is 5.16 Å². The molecule has 16 heavy (non-hydrogen) atoms. The van der Waals surface area contributed by atoms with Crippen molar-refractivity contribution in [3.63, 3.8) is 0 Å². The van der Waals surface area contributed by atoms with Crippen molar-refractivity contribution in [2.24, 2.45) is 0 Å². The summed E-state index contributed by atoms with van der Waals surface area (Å²) in [6.45, 7) is 9.24. The molecule has 0 saturated heterocycles. The van der Waals surface area contributed by atoms with Gasteiger partial charge < -0.3 is 5.32 Å². The minimum Gasteiger partial charge on any atom is -0.315 e. The quantitative estimate of drug-likeness (QED) is 0.555. The summed E-state index contributed by atoms with van der Waals surface area (Å²) >= 11 is 1.78. The van der Waals surface area contributed by atoms with Crippen molar-refractivity contribution in [2.45, 2.75) is 50.6 Å². The normalized spacial score (nSPS) is 11.2.